The van der Waals surface area contributed by atoms with Gasteiger partial charge < -0.3 is 14.8 Å². The molecule has 0 bridgehead atoms. The van der Waals surface area contributed by atoms with Crippen LogP contribution >= 0.6 is 0 Å². The van der Waals surface area contributed by atoms with Gasteiger partial charge >= 0.3 is 0 Å². The number of ketones is 1. The second-order valence-electron chi connectivity index (χ2n) is 5.40. The Balaban J connectivity index is 2.87. The number of piperidine rings is 1. The molecule has 102 valence electrons. The minimum atomic E-state index is -1.27. The van der Waals surface area contributed by atoms with Crippen LogP contribution in [-0.4, -0.2) is 35.1 Å². The third-order valence-electron chi connectivity index (χ3n) is 3.73. The van der Waals surface area contributed by atoms with Gasteiger partial charge in [-0.25, -0.2) is 0 Å². The molecule has 0 aromatic rings. The third-order valence-corrected chi connectivity index (χ3v) is 3.73. The van der Waals surface area contributed by atoms with Crippen LogP contribution < -0.4 is 5.11 Å². The quantitative estimate of drug-likeness (QED) is 0.668. The van der Waals surface area contributed by atoms with Gasteiger partial charge in [-0.05, 0) is 25.7 Å². The number of rotatable bonds is 4. The summed E-state index contributed by atoms with van der Waals surface area (Å²) in [5.41, 5.74) is -0.745. The molecule has 1 unspecified atom stereocenters. The maximum atomic E-state index is 12.1. The molecule has 5 heteroatoms. The zero-order valence-electron chi connectivity index (χ0n) is 11.2. The van der Waals surface area contributed by atoms with E-state index in [1.807, 2.05) is 6.92 Å². The molecule has 1 rings (SSSR count). The van der Waals surface area contributed by atoms with E-state index in [-0.39, 0.29) is 0 Å². The molecule has 5 nitrogen and oxygen atoms in total. The molecule has 1 fully saturated rings. The van der Waals surface area contributed by atoms with Crippen molar-refractivity contribution in [2.75, 3.05) is 6.54 Å². The first-order chi connectivity index (χ1) is 8.31. The average Bonchev–Trinajstić information content (AvgIpc) is 2.36. The van der Waals surface area contributed by atoms with Crippen molar-refractivity contribution in [3.8, 4) is 0 Å². The van der Waals surface area contributed by atoms with Gasteiger partial charge in [0.25, 0.3) is 5.91 Å². The van der Waals surface area contributed by atoms with Gasteiger partial charge in [0, 0.05) is 12.0 Å². The first kappa shape index (κ1) is 14.7. The zero-order chi connectivity index (χ0) is 13.9. The van der Waals surface area contributed by atoms with Crippen molar-refractivity contribution < 1.29 is 19.5 Å². The Morgan fingerprint density at radius 3 is 2.39 bits per heavy atom. The summed E-state index contributed by atoms with van der Waals surface area (Å²) < 4.78 is 0. The minimum Gasteiger partial charge on any atom is -0.548 e. The Kier molecular flexibility index (Phi) is 4.48. The van der Waals surface area contributed by atoms with Gasteiger partial charge in [-0.15, -0.1) is 0 Å². The van der Waals surface area contributed by atoms with Crippen LogP contribution in [0, 0.1) is 5.41 Å². The topological polar surface area (TPSA) is 77.5 Å². The number of Topliss-reactive ketones (excluding diaryl/α,β-unsaturated/α-hetero) is 1. The smallest absolute Gasteiger partial charge is 0.291 e. The summed E-state index contributed by atoms with van der Waals surface area (Å²) in [4.78, 5) is 36.3. The highest BCUT2D eigenvalue weighted by Gasteiger charge is 2.37. The zero-order valence-corrected chi connectivity index (χ0v) is 11.2. The fourth-order valence-electron chi connectivity index (χ4n) is 2.00. The normalized spacial score (nSPS) is 20.6. The molecular weight excluding hydrogens is 234 g/mol. The van der Waals surface area contributed by atoms with Crippen molar-refractivity contribution in [3.05, 3.63) is 0 Å². The predicted molar refractivity (Wildman–Crippen MR) is 63.4 cm³/mol. The molecule has 1 amide bonds. The SMILES string of the molecule is CCC(C)(C)C(=O)C(=O)N1CCCCC1C(=O)[O-]. The van der Waals surface area contributed by atoms with Crippen molar-refractivity contribution in [2.24, 2.45) is 5.41 Å². The molecule has 1 aliphatic heterocycles. The largest absolute Gasteiger partial charge is 0.548 e. The van der Waals surface area contributed by atoms with E-state index in [0.29, 0.717) is 19.4 Å². The first-order valence-corrected chi connectivity index (χ1v) is 6.37. The fourth-order valence-corrected chi connectivity index (χ4v) is 2.00. The highest BCUT2D eigenvalue weighted by Crippen LogP contribution is 2.24. The number of carboxylic acid groups (broad SMARTS) is 1. The number of hydrogen-bond acceptors (Lipinski definition) is 4. The molecule has 0 saturated carbocycles. The van der Waals surface area contributed by atoms with Crippen LogP contribution in [0.3, 0.4) is 0 Å². The molecule has 0 spiro atoms. The Bertz CT molecular complexity index is 362. The van der Waals surface area contributed by atoms with Crippen molar-refractivity contribution >= 4 is 17.7 Å². The first-order valence-electron chi connectivity index (χ1n) is 6.37. The van der Waals surface area contributed by atoms with E-state index in [4.69, 9.17) is 0 Å². The van der Waals surface area contributed by atoms with E-state index < -0.39 is 29.1 Å². The average molecular weight is 254 g/mol. The van der Waals surface area contributed by atoms with E-state index >= 15 is 0 Å². The second kappa shape index (κ2) is 5.50. The number of hydrogen-bond donors (Lipinski definition) is 0. The lowest BCUT2D eigenvalue weighted by Gasteiger charge is -2.37. The number of carbonyl (C=O) groups is 3. The molecular formula is C13H20NO4-. The summed E-state index contributed by atoms with van der Waals surface area (Å²) in [5, 5.41) is 11.0. The molecule has 0 N–H and O–H groups in total. The van der Waals surface area contributed by atoms with E-state index in [1.165, 1.54) is 4.90 Å². The minimum absolute atomic E-state index is 0.322. The lowest BCUT2D eigenvalue weighted by atomic mass is 9.84. The summed E-state index contributed by atoms with van der Waals surface area (Å²) >= 11 is 0. The van der Waals surface area contributed by atoms with Gasteiger partial charge in [-0.1, -0.05) is 20.8 Å². The standard InChI is InChI=1S/C13H21NO4/c1-4-13(2,3)10(15)11(16)14-8-6-5-7-9(14)12(17)18/h9H,4-8H2,1-3H3,(H,17,18)/p-1. The third kappa shape index (κ3) is 2.89. The second-order valence-corrected chi connectivity index (χ2v) is 5.40. The molecule has 0 aromatic heterocycles. The van der Waals surface area contributed by atoms with Crippen LogP contribution in [0.1, 0.15) is 46.5 Å². The van der Waals surface area contributed by atoms with Gasteiger partial charge in [-0.3, -0.25) is 9.59 Å². The number of aliphatic carboxylic acids is 1. The van der Waals surface area contributed by atoms with E-state index in [0.717, 1.165) is 12.8 Å². The molecule has 1 aliphatic rings. The summed E-state index contributed by atoms with van der Waals surface area (Å²) in [7, 11) is 0. The van der Waals surface area contributed by atoms with Crippen molar-refractivity contribution in [1.82, 2.24) is 4.90 Å². The van der Waals surface area contributed by atoms with Crippen molar-refractivity contribution in [1.29, 1.82) is 0 Å². The Hall–Kier alpha value is -1.39. The van der Waals surface area contributed by atoms with Crippen LogP contribution in [0.15, 0.2) is 0 Å². The summed E-state index contributed by atoms with van der Waals surface area (Å²) in [6.07, 6.45) is 2.39. The van der Waals surface area contributed by atoms with Crippen LogP contribution in [-0.2, 0) is 14.4 Å². The summed E-state index contributed by atoms with van der Waals surface area (Å²) in [5.74, 6) is -2.47. The Morgan fingerprint density at radius 2 is 1.89 bits per heavy atom. The number of likely N-dealkylation sites (tertiary alicyclic amines) is 1. The molecule has 1 atom stereocenters. The lowest BCUT2D eigenvalue weighted by molar-refractivity contribution is -0.312. The number of amides is 1. The number of nitrogens with zero attached hydrogens (tertiary/aromatic N) is 1. The molecule has 1 saturated heterocycles. The molecule has 1 heterocycles. The molecule has 0 aliphatic carbocycles. The van der Waals surface area contributed by atoms with Gasteiger partial charge in [-0.2, -0.15) is 0 Å². The lowest BCUT2D eigenvalue weighted by Crippen LogP contribution is -2.56. The number of carboxylic acids is 1. The molecule has 0 aromatic carbocycles. The number of carbonyl (C=O) groups excluding carboxylic acids is 3. The van der Waals surface area contributed by atoms with Crippen molar-refractivity contribution in [3.63, 3.8) is 0 Å². The van der Waals surface area contributed by atoms with E-state index in [1.54, 1.807) is 13.8 Å². The molecule has 0 radical (unpaired) electrons. The maximum absolute atomic E-state index is 12.1. The monoisotopic (exact) mass is 254 g/mol. The van der Waals surface area contributed by atoms with Crippen LogP contribution in [0.2, 0.25) is 0 Å². The maximum Gasteiger partial charge on any atom is 0.291 e. The predicted octanol–water partition coefficient (Wildman–Crippen LogP) is 0.123. The van der Waals surface area contributed by atoms with Crippen LogP contribution in [0.25, 0.3) is 0 Å². The van der Waals surface area contributed by atoms with Gasteiger partial charge in [0.05, 0.1) is 12.0 Å². The Labute approximate surface area is 107 Å². The highest BCUT2D eigenvalue weighted by atomic mass is 16.4. The van der Waals surface area contributed by atoms with Crippen LogP contribution in [0.4, 0.5) is 0 Å². The fraction of sp³-hybridized carbons (Fsp3) is 0.769. The van der Waals surface area contributed by atoms with Crippen LogP contribution in [0.5, 0.6) is 0 Å². The van der Waals surface area contributed by atoms with E-state index in [9.17, 15) is 19.5 Å². The highest BCUT2D eigenvalue weighted by molar-refractivity contribution is 6.38. The summed E-state index contributed by atoms with van der Waals surface area (Å²) in [6.45, 7) is 5.55. The van der Waals surface area contributed by atoms with Gasteiger partial charge in [0.2, 0.25) is 5.78 Å². The molecule has 18 heavy (non-hydrogen) atoms. The van der Waals surface area contributed by atoms with Gasteiger partial charge in [0.15, 0.2) is 0 Å². The summed E-state index contributed by atoms with van der Waals surface area (Å²) in [6, 6.07) is -0.956. The Morgan fingerprint density at radius 1 is 1.28 bits per heavy atom. The van der Waals surface area contributed by atoms with Crippen molar-refractivity contribution in [2.45, 2.75) is 52.5 Å². The van der Waals surface area contributed by atoms with Gasteiger partial charge in [0.1, 0.15) is 0 Å². The van der Waals surface area contributed by atoms with E-state index in [2.05, 4.69) is 0 Å².